The zero-order valence-electron chi connectivity index (χ0n) is 9.93. The van der Waals surface area contributed by atoms with Gasteiger partial charge in [0.25, 0.3) is 0 Å². The van der Waals surface area contributed by atoms with Gasteiger partial charge in [0.15, 0.2) is 0 Å². The van der Waals surface area contributed by atoms with Gasteiger partial charge in [-0.05, 0) is 0 Å². The molecule has 18 heavy (non-hydrogen) atoms. The molecule has 0 radical (unpaired) electrons. The van der Waals surface area contributed by atoms with Gasteiger partial charge >= 0.3 is 0 Å². The number of benzene rings is 2. The maximum absolute atomic E-state index is 2.23. The van der Waals surface area contributed by atoms with Crippen molar-refractivity contribution < 1.29 is 0 Å². The largest absolute Gasteiger partial charge is 0.170 e. The topological polar surface area (TPSA) is 0 Å². The van der Waals surface area contributed by atoms with Gasteiger partial charge in [-0.15, -0.1) is 22.9 Å². The minimum Gasteiger partial charge on any atom is -0.170 e. The summed E-state index contributed by atoms with van der Waals surface area (Å²) in [4.78, 5) is 0. The van der Waals surface area contributed by atoms with E-state index in [1.807, 2.05) is 0 Å². The minimum absolute atomic E-state index is 1.32. The van der Waals surface area contributed by atoms with Crippen LogP contribution in [-0.2, 0) is 0 Å². The minimum atomic E-state index is 1.32. The van der Waals surface area contributed by atoms with Crippen LogP contribution in [0.5, 0.6) is 0 Å². The Kier molecular flexibility index (Phi) is 1.92. The summed E-state index contributed by atoms with van der Waals surface area (Å²) in [6.07, 6.45) is 0. The summed E-state index contributed by atoms with van der Waals surface area (Å²) in [5.41, 5.74) is 2.68. The fourth-order valence-electron chi connectivity index (χ4n) is 2.77. The van der Waals surface area contributed by atoms with Crippen LogP contribution in [0.4, 0.5) is 0 Å². The highest BCUT2D eigenvalue weighted by Gasteiger charge is 1.96. The van der Waals surface area contributed by atoms with Crippen molar-refractivity contribution in [2.45, 2.75) is 0 Å². The lowest BCUT2D eigenvalue weighted by Gasteiger charge is -2.12. The van der Waals surface area contributed by atoms with Crippen molar-refractivity contribution in [1.82, 2.24) is 0 Å². The van der Waals surface area contributed by atoms with E-state index in [0.717, 1.165) is 0 Å². The molecule has 0 N–H and O–H groups in total. The molecule has 0 aliphatic rings. The maximum Gasteiger partial charge on any atom is -0.0757 e. The summed E-state index contributed by atoms with van der Waals surface area (Å²) < 4.78 is 0. The molecule has 0 spiro atoms. The molecule has 0 amide bonds. The third-order valence-electron chi connectivity index (χ3n) is 3.65. The molecule has 0 atom stereocenters. The van der Waals surface area contributed by atoms with Crippen molar-refractivity contribution in [2.24, 2.45) is 0 Å². The number of rotatable bonds is 1. The second-order valence-electron chi connectivity index (χ2n) is 4.67. The average Bonchev–Trinajstić information content (AvgIpc) is 3.01. The van der Waals surface area contributed by atoms with Crippen LogP contribution in [0.3, 0.4) is 0 Å². The van der Waals surface area contributed by atoms with Crippen molar-refractivity contribution in [3.8, 4) is 11.1 Å². The van der Waals surface area contributed by atoms with E-state index < -0.39 is 0 Å². The monoisotopic (exact) mass is 228 g/mol. The molecular formula is C18H12-2. The lowest BCUT2D eigenvalue weighted by Crippen LogP contribution is -1.72. The van der Waals surface area contributed by atoms with E-state index in [1.165, 1.54) is 32.7 Å². The lowest BCUT2D eigenvalue weighted by molar-refractivity contribution is 1.82. The SMILES string of the molecule is c1ccc2c(c1)cc[c-]2-[c-]1ccc2ccccc21. The van der Waals surface area contributed by atoms with Crippen molar-refractivity contribution in [2.75, 3.05) is 0 Å². The molecule has 4 rings (SSSR count). The predicted molar refractivity (Wildman–Crippen MR) is 78.1 cm³/mol. The Balaban J connectivity index is 2.08. The first-order valence-electron chi connectivity index (χ1n) is 6.23. The average molecular weight is 228 g/mol. The van der Waals surface area contributed by atoms with Gasteiger partial charge in [0, 0.05) is 0 Å². The standard InChI is InChI=1S/C18H12/c1-3-7-15-13(5-1)9-11-17(15)18-12-10-14-6-2-4-8-16(14)18/h1-12H/q-2. The zero-order chi connectivity index (χ0) is 11.9. The quantitative estimate of drug-likeness (QED) is 0.398. The van der Waals surface area contributed by atoms with Gasteiger partial charge in [0.1, 0.15) is 0 Å². The molecule has 86 valence electrons. The summed E-state index contributed by atoms with van der Waals surface area (Å²) in [6.45, 7) is 0. The van der Waals surface area contributed by atoms with Crippen LogP contribution in [-0.4, -0.2) is 0 Å². The van der Waals surface area contributed by atoms with E-state index >= 15 is 0 Å². The fraction of sp³-hybridized carbons (Fsp3) is 0. The van der Waals surface area contributed by atoms with Crippen molar-refractivity contribution in [1.29, 1.82) is 0 Å². The normalized spacial score (nSPS) is 11.3. The first-order chi connectivity index (χ1) is 8.93. The highest BCUT2D eigenvalue weighted by atomic mass is 14.1. The highest BCUT2D eigenvalue weighted by molar-refractivity contribution is 6.07. The Labute approximate surface area is 106 Å². The van der Waals surface area contributed by atoms with Crippen molar-refractivity contribution in [3.63, 3.8) is 0 Å². The third-order valence-corrected chi connectivity index (χ3v) is 3.65. The molecule has 0 heteroatoms. The van der Waals surface area contributed by atoms with Gasteiger partial charge < -0.3 is 0 Å². The third kappa shape index (κ3) is 1.26. The van der Waals surface area contributed by atoms with E-state index in [4.69, 9.17) is 0 Å². The summed E-state index contributed by atoms with van der Waals surface area (Å²) in [7, 11) is 0. The number of hydrogen-bond donors (Lipinski definition) is 0. The molecule has 0 fully saturated rings. The van der Waals surface area contributed by atoms with E-state index in [0.29, 0.717) is 0 Å². The Bertz CT molecular complexity index is 755. The van der Waals surface area contributed by atoms with Crippen LogP contribution < -0.4 is 0 Å². The van der Waals surface area contributed by atoms with E-state index in [9.17, 15) is 0 Å². The van der Waals surface area contributed by atoms with Gasteiger partial charge in [-0.3, -0.25) is 0 Å². The van der Waals surface area contributed by atoms with Crippen molar-refractivity contribution >= 4 is 21.5 Å². The number of hydrogen-bond acceptors (Lipinski definition) is 0. The van der Waals surface area contributed by atoms with Gasteiger partial charge in [-0.1, -0.05) is 36.4 Å². The molecule has 0 unspecified atom stereocenters. The van der Waals surface area contributed by atoms with Gasteiger partial charge in [-0.25, -0.2) is 0 Å². The van der Waals surface area contributed by atoms with Crippen LogP contribution >= 0.6 is 0 Å². The molecule has 0 heterocycles. The molecule has 0 saturated carbocycles. The van der Waals surface area contributed by atoms with Crippen LogP contribution in [0.25, 0.3) is 32.7 Å². The Morgan fingerprint density at radius 3 is 1.44 bits per heavy atom. The first kappa shape index (κ1) is 9.67. The first-order valence-corrected chi connectivity index (χ1v) is 6.23. The van der Waals surface area contributed by atoms with Crippen molar-refractivity contribution in [3.05, 3.63) is 72.8 Å². The fourth-order valence-corrected chi connectivity index (χ4v) is 2.77. The molecule has 4 aromatic carbocycles. The molecule has 4 aromatic rings. The summed E-state index contributed by atoms with van der Waals surface area (Å²) in [6, 6.07) is 26.0. The van der Waals surface area contributed by atoms with Gasteiger partial charge in [0.05, 0.1) is 0 Å². The van der Waals surface area contributed by atoms with Crippen LogP contribution in [0.1, 0.15) is 0 Å². The molecule has 0 saturated heterocycles. The van der Waals surface area contributed by atoms with Crippen LogP contribution in [0.2, 0.25) is 0 Å². The molecule has 0 aromatic heterocycles. The molecule has 0 aliphatic carbocycles. The molecular weight excluding hydrogens is 216 g/mol. The molecule has 0 nitrogen and oxygen atoms in total. The van der Waals surface area contributed by atoms with E-state index in [1.54, 1.807) is 0 Å². The highest BCUT2D eigenvalue weighted by Crippen LogP contribution is 2.36. The zero-order valence-corrected chi connectivity index (χ0v) is 9.93. The molecule has 0 aliphatic heterocycles. The van der Waals surface area contributed by atoms with Crippen LogP contribution in [0, 0.1) is 0 Å². The predicted octanol–water partition coefficient (Wildman–Crippen LogP) is 5.10. The number of fused-ring (bicyclic) bond motifs is 2. The van der Waals surface area contributed by atoms with Gasteiger partial charge in [0.2, 0.25) is 0 Å². The van der Waals surface area contributed by atoms with E-state index in [-0.39, 0.29) is 0 Å². The Morgan fingerprint density at radius 1 is 0.500 bits per heavy atom. The summed E-state index contributed by atoms with van der Waals surface area (Å²) in [5, 5.41) is 5.32. The lowest BCUT2D eigenvalue weighted by atomic mass is 10.0. The second kappa shape index (κ2) is 3.58. The second-order valence-corrected chi connectivity index (χ2v) is 4.67. The maximum atomic E-state index is 2.23. The Morgan fingerprint density at radius 2 is 0.944 bits per heavy atom. The van der Waals surface area contributed by atoms with Crippen LogP contribution in [0.15, 0.2) is 72.8 Å². The Hall–Kier alpha value is -2.34. The smallest absolute Gasteiger partial charge is 0.0757 e. The summed E-state index contributed by atoms with van der Waals surface area (Å²) >= 11 is 0. The summed E-state index contributed by atoms with van der Waals surface area (Å²) in [5.74, 6) is 0. The molecule has 0 bridgehead atoms. The van der Waals surface area contributed by atoms with Gasteiger partial charge in [-0.2, -0.15) is 46.2 Å². The van der Waals surface area contributed by atoms with E-state index in [2.05, 4.69) is 72.8 Å².